The highest BCUT2D eigenvalue weighted by molar-refractivity contribution is 7.88. The molecule has 0 radical (unpaired) electrons. The maximum atomic E-state index is 11.8. The fourth-order valence-electron chi connectivity index (χ4n) is 8.27. The van der Waals surface area contributed by atoms with E-state index in [9.17, 15) is 13.0 Å². The van der Waals surface area contributed by atoms with Gasteiger partial charge in [0.15, 0.2) is 0 Å². The minimum Gasteiger partial charge on any atom is -0.472 e. The van der Waals surface area contributed by atoms with Crippen LogP contribution in [0.4, 0.5) is 0 Å². The van der Waals surface area contributed by atoms with Crippen molar-refractivity contribution < 1.29 is 17.4 Å². The number of allylic oxidation sites excluding steroid dienone is 1. The third-order valence-electron chi connectivity index (χ3n) is 9.41. The Morgan fingerprint density at radius 2 is 1.87 bits per heavy atom. The molecule has 3 aliphatic rings. The minimum absolute atomic E-state index is 0.0666. The van der Waals surface area contributed by atoms with Crippen molar-refractivity contribution in [2.45, 2.75) is 85.5 Å². The van der Waals surface area contributed by atoms with Crippen molar-refractivity contribution in [1.82, 2.24) is 0 Å². The van der Waals surface area contributed by atoms with E-state index in [4.69, 9.17) is 4.42 Å². The van der Waals surface area contributed by atoms with Crippen molar-refractivity contribution in [1.29, 1.82) is 0 Å². The van der Waals surface area contributed by atoms with Gasteiger partial charge in [0.1, 0.15) is 0 Å². The summed E-state index contributed by atoms with van der Waals surface area (Å²) >= 11 is 0. The van der Waals surface area contributed by atoms with E-state index in [-0.39, 0.29) is 11.3 Å². The zero-order chi connectivity index (χ0) is 21.8. The molecule has 1 aromatic rings. The molecule has 3 saturated carbocycles. The molecule has 0 aromatic carbocycles. The van der Waals surface area contributed by atoms with E-state index in [2.05, 4.69) is 27.7 Å². The molecule has 4 nitrogen and oxygen atoms in total. The molecule has 1 N–H and O–H groups in total. The second kappa shape index (κ2) is 7.51. The fraction of sp³-hybridized carbons (Fsp3) is 0.760. The maximum Gasteiger partial charge on any atom is 0.287 e. The molecule has 5 atom stereocenters. The van der Waals surface area contributed by atoms with Crippen molar-refractivity contribution in [3.63, 3.8) is 0 Å². The standard InChI is InChI=1S/C25H38O4S/c1-23(2)12-5-13-25(4)21(23)10-14-24(3)20(8-6-18-11-15-29-16-18)19(7-9-22(24)25)17-30(26,27)28/h11,15-17,20-22H,5-10,12-14H2,1-4H3,(H,26,27,28). The first-order valence-corrected chi connectivity index (χ1v) is 13.2. The molecular weight excluding hydrogens is 396 g/mol. The summed E-state index contributed by atoms with van der Waals surface area (Å²) in [5, 5.41) is 1.17. The molecule has 30 heavy (non-hydrogen) atoms. The zero-order valence-electron chi connectivity index (χ0n) is 19.0. The lowest BCUT2D eigenvalue weighted by atomic mass is 9.39. The van der Waals surface area contributed by atoms with Crippen molar-refractivity contribution >= 4 is 10.1 Å². The highest BCUT2D eigenvalue weighted by Gasteiger charge is 2.61. The lowest BCUT2D eigenvalue weighted by molar-refractivity contribution is -0.153. The van der Waals surface area contributed by atoms with Gasteiger partial charge >= 0.3 is 0 Å². The van der Waals surface area contributed by atoms with Gasteiger partial charge in [-0.25, -0.2) is 0 Å². The summed E-state index contributed by atoms with van der Waals surface area (Å²) in [6, 6.07) is 2.00. The first kappa shape index (κ1) is 22.1. The largest absolute Gasteiger partial charge is 0.472 e. The number of hydrogen-bond acceptors (Lipinski definition) is 3. The third-order valence-corrected chi connectivity index (χ3v) is 10.0. The van der Waals surface area contributed by atoms with Crippen LogP contribution in [0.2, 0.25) is 0 Å². The first-order chi connectivity index (χ1) is 14.0. The van der Waals surface area contributed by atoms with Gasteiger partial charge in [-0.1, -0.05) is 39.7 Å². The van der Waals surface area contributed by atoms with Crippen LogP contribution in [0.1, 0.15) is 84.6 Å². The minimum atomic E-state index is -4.13. The van der Waals surface area contributed by atoms with Gasteiger partial charge in [-0.15, -0.1) is 0 Å². The fourth-order valence-corrected chi connectivity index (χ4v) is 8.93. The van der Waals surface area contributed by atoms with Gasteiger partial charge in [0.2, 0.25) is 0 Å². The summed E-state index contributed by atoms with van der Waals surface area (Å²) in [5.74, 6) is 1.51. The number of furan rings is 1. The lowest BCUT2D eigenvalue weighted by Gasteiger charge is -2.66. The first-order valence-electron chi connectivity index (χ1n) is 11.6. The summed E-state index contributed by atoms with van der Waals surface area (Å²) in [7, 11) is -4.13. The van der Waals surface area contributed by atoms with Crippen LogP contribution in [0.5, 0.6) is 0 Å². The average Bonchev–Trinajstić information content (AvgIpc) is 3.12. The summed E-state index contributed by atoms with van der Waals surface area (Å²) in [6.07, 6.45) is 13.3. The predicted octanol–water partition coefficient (Wildman–Crippen LogP) is 6.64. The summed E-state index contributed by atoms with van der Waals surface area (Å²) < 4.78 is 38.4. The number of fused-ring (bicyclic) bond motifs is 3. The van der Waals surface area contributed by atoms with Crippen LogP contribution in [0.25, 0.3) is 0 Å². The van der Waals surface area contributed by atoms with Gasteiger partial charge in [-0.2, -0.15) is 8.42 Å². The van der Waals surface area contributed by atoms with Gasteiger partial charge in [-0.05, 0) is 97.0 Å². The quantitative estimate of drug-likeness (QED) is 0.539. The molecule has 3 aliphatic carbocycles. The van der Waals surface area contributed by atoms with Crippen LogP contribution in [0, 0.1) is 34.0 Å². The molecule has 168 valence electrons. The Labute approximate surface area is 182 Å². The van der Waals surface area contributed by atoms with Crippen LogP contribution >= 0.6 is 0 Å². The summed E-state index contributed by atoms with van der Waals surface area (Å²) in [4.78, 5) is 0. The van der Waals surface area contributed by atoms with E-state index in [0.717, 1.165) is 49.2 Å². The summed E-state index contributed by atoms with van der Waals surface area (Å²) in [6.45, 7) is 9.87. The summed E-state index contributed by atoms with van der Waals surface area (Å²) in [5.41, 5.74) is 2.84. The van der Waals surface area contributed by atoms with E-state index in [1.807, 2.05) is 6.07 Å². The van der Waals surface area contributed by atoms with Crippen LogP contribution in [0.15, 0.2) is 34.0 Å². The molecule has 5 heteroatoms. The number of rotatable bonds is 4. The van der Waals surface area contributed by atoms with Gasteiger partial charge in [-0.3, -0.25) is 4.55 Å². The van der Waals surface area contributed by atoms with Gasteiger partial charge in [0.05, 0.1) is 17.9 Å². The Bertz CT molecular complexity index is 898. The number of aryl methyl sites for hydroxylation is 1. The van der Waals surface area contributed by atoms with Crippen LogP contribution in [-0.4, -0.2) is 13.0 Å². The highest BCUT2D eigenvalue weighted by Crippen LogP contribution is 2.69. The Balaban J connectivity index is 1.71. The SMILES string of the molecule is CC1(C)CCCC2(C)C1CCC1(C)C(CCc3ccoc3)C(=CS(=O)(=O)O)CCC12. The molecule has 0 spiro atoms. The van der Waals surface area contributed by atoms with E-state index in [1.54, 1.807) is 12.5 Å². The molecule has 0 aliphatic heterocycles. The van der Waals surface area contributed by atoms with Crippen LogP contribution < -0.4 is 0 Å². The van der Waals surface area contributed by atoms with Gasteiger partial charge < -0.3 is 4.42 Å². The second-order valence-electron chi connectivity index (χ2n) is 11.5. The normalized spacial score (nSPS) is 40.0. The van der Waals surface area contributed by atoms with Gasteiger partial charge in [0.25, 0.3) is 10.1 Å². The maximum absolute atomic E-state index is 11.8. The molecule has 1 heterocycles. The van der Waals surface area contributed by atoms with Gasteiger partial charge in [0, 0.05) is 0 Å². The van der Waals surface area contributed by atoms with Crippen molar-refractivity contribution in [2.24, 2.45) is 34.0 Å². The molecule has 0 saturated heterocycles. The average molecular weight is 435 g/mol. The Kier molecular flexibility index (Phi) is 5.54. The Morgan fingerprint density at radius 3 is 2.53 bits per heavy atom. The Morgan fingerprint density at radius 1 is 1.10 bits per heavy atom. The van der Waals surface area contributed by atoms with E-state index in [0.29, 0.717) is 16.7 Å². The Hall–Kier alpha value is -1.07. The van der Waals surface area contributed by atoms with Crippen molar-refractivity contribution in [3.05, 3.63) is 35.1 Å². The van der Waals surface area contributed by atoms with Crippen molar-refractivity contribution in [3.8, 4) is 0 Å². The van der Waals surface area contributed by atoms with Crippen LogP contribution in [0.3, 0.4) is 0 Å². The highest BCUT2D eigenvalue weighted by atomic mass is 32.2. The van der Waals surface area contributed by atoms with E-state index in [1.165, 1.54) is 31.1 Å². The molecule has 5 unspecified atom stereocenters. The van der Waals surface area contributed by atoms with Crippen LogP contribution in [-0.2, 0) is 16.5 Å². The molecule has 1 aromatic heterocycles. The smallest absolute Gasteiger partial charge is 0.287 e. The number of hydrogen-bond donors (Lipinski definition) is 1. The molecule has 4 rings (SSSR count). The zero-order valence-corrected chi connectivity index (χ0v) is 19.8. The topological polar surface area (TPSA) is 67.5 Å². The third kappa shape index (κ3) is 3.81. The molecule has 0 amide bonds. The second-order valence-corrected chi connectivity index (χ2v) is 12.7. The predicted molar refractivity (Wildman–Crippen MR) is 119 cm³/mol. The monoisotopic (exact) mass is 434 g/mol. The molecule has 0 bridgehead atoms. The molecule has 3 fully saturated rings. The molecular formula is C25H38O4S. The van der Waals surface area contributed by atoms with Crippen molar-refractivity contribution in [2.75, 3.05) is 0 Å². The van der Waals surface area contributed by atoms with E-state index < -0.39 is 10.1 Å². The lowest BCUT2D eigenvalue weighted by Crippen LogP contribution is -2.58. The van der Waals surface area contributed by atoms with E-state index >= 15 is 0 Å².